The lowest BCUT2D eigenvalue weighted by Gasteiger charge is -1.92. The zero-order valence-electron chi connectivity index (χ0n) is 6.38. The van der Waals surface area contributed by atoms with Crippen molar-refractivity contribution >= 4 is 0 Å². The molecule has 0 saturated heterocycles. The summed E-state index contributed by atoms with van der Waals surface area (Å²) in [4.78, 5) is 12.2. The van der Waals surface area contributed by atoms with Gasteiger partial charge < -0.3 is 9.94 Å². The molecule has 0 unspecified atom stereocenters. The van der Waals surface area contributed by atoms with E-state index in [4.69, 9.17) is 20.1 Å². The quantitative estimate of drug-likeness (QED) is 0.498. The number of pyridine rings is 1. The Morgan fingerprint density at radius 1 is 1.67 bits per heavy atom. The smallest absolute Gasteiger partial charge is 0.291 e. The zero-order valence-corrected chi connectivity index (χ0v) is 6.38. The molecule has 1 N–H and O–H groups in total. The SMILES string of the molecule is COc1ccccn1.O=[N+]([O-])O. The maximum Gasteiger partial charge on any atom is 0.291 e. The van der Waals surface area contributed by atoms with Crippen LogP contribution in [-0.2, 0) is 0 Å². The molecule has 12 heavy (non-hydrogen) atoms. The third kappa shape index (κ3) is 6.27. The number of aromatic nitrogens is 1. The highest BCUT2D eigenvalue weighted by molar-refractivity contribution is 5.08. The van der Waals surface area contributed by atoms with Crippen molar-refractivity contribution in [2.45, 2.75) is 0 Å². The molecule has 0 radical (unpaired) electrons. The van der Waals surface area contributed by atoms with Crippen LogP contribution in [0.1, 0.15) is 0 Å². The van der Waals surface area contributed by atoms with E-state index in [9.17, 15) is 0 Å². The first kappa shape index (κ1) is 10.2. The van der Waals surface area contributed by atoms with Gasteiger partial charge in [-0.1, -0.05) is 6.07 Å². The molecule has 1 rings (SSSR count). The predicted molar refractivity (Wildman–Crippen MR) is 39.6 cm³/mol. The third-order valence-electron chi connectivity index (χ3n) is 0.847. The maximum atomic E-state index is 8.36. The van der Waals surface area contributed by atoms with Gasteiger partial charge in [0.2, 0.25) is 5.88 Å². The second kappa shape index (κ2) is 5.90. The summed E-state index contributed by atoms with van der Waals surface area (Å²) in [6.07, 6.45) is 1.69. The van der Waals surface area contributed by atoms with Gasteiger partial charge in [0.1, 0.15) is 0 Å². The molecule has 1 aromatic rings. The Balaban J connectivity index is 0.000000261. The molecule has 1 aromatic heterocycles. The fourth-order valence-corrected chi connectivity index (χ4v) is 0.468. The van der Waals surface area contributed by atoms with E-state index >= 15 is 0 Å². The Hall–Kier alpha value is -1.85. The van der Waals surface area contributed by atoms with Crippen LogP contribution in [0.2, 0.25) is 0 Å². The zero-order chi connectivity index (χ0) is 9.40. The fourth-order valence-electron chi connectivity index (χ4n) is 0.468. The highest BCUT2D eigenvalue weighted by atomic mass is 16.9. The van der Waals surface area contributed by atoms with Gasteiger partial charge in [-0.25, -0.2) is 4.98 Å². The van der Waals surface area contributed by atoms with Crippen LogP contribution < -0.4 is 4.74 Å². The van der Waals surface area contributed by atoms with Crippen molar-refractivity contribution in [1.29, 1.82) is 0 Å². The monoisotopic (exact) mass is 172 g/mol. The summed E-state index contributed by atoms with van der Waals surface area (Å²) in [5.41, 5.74) is 0. The van der Waals surface area contributed by atoms with Gasteiger partial charge in [0.05, 0.1) is 7.11 Å². The van der Waals surface area contributed by atoms with Crippen LogP contribution in [0.4, 0.5) is 0 Å². The second-order valence-electron chi connectivity index (χ2n) is 1.61. The van der Waals surface area contributed by atoms with E-state index in [0.29, 0.717) is 5.88 Å². The molecule has 0 atom stereocenters. The average Bonchev–Trinajstić information content (AvgIpc) is 2.05. The van der Waals surface area contributed by atoms with Crippen molar-refractivity contribution in [3.63, 3.8) is 0 Å². The molecule has 0 amide bonds. The van der Waals surface area contributed by atoms with Gasteiger partial charge in [0, 0.05) is 12.3 Å². The molecular weight excluding hydrogens is 164 g/mol. The van der Waals surface area contributed by atoms with Crippen molar-refractivity contribution in [2.24, 2.45) is 0 Å². The first-order valence-corrected chi connectivity index (χ1v) is 2.95. The predicted octanol–water partition coefficient (Wildman–Crippen LogP) is 0.742. The number of methoxy groups -OCH3 is 1. The number of ether oxygens (including phenoxy) is 1. The molecular formula is C6H8N2O4. The highest BCUT2D eigenvalue weighted by Gasteiger charge is 1.82. The van der Waals surface area contributed by atoms with Crippen molar-refractivity contribution in [1.82, 2.24) is 4.98 Å². The molecule has 0 aliphatic heterocycles. The lowest BCUT2D eigenvalue weighted by atomic mass is 10.5. The molecule has 66 valence electrons. The molecule has 0 fully saturated rings. The van der Waals surface area contributed by atoms with Gasteiger partial charge in [0.15, 0.2) is 0 Å². The van der Waals surface area contributed by atoms with Crippen LogP contribution in [0, 0.1) is 10.1 Å². The molecule has 0 saturated carbocycles. The summed E-state index contributed by atoms with van der Waals surface area (Å²) < 4.78 is 4.80. The van der Waals surface area contributed by atoms with Gasteiger partial charge in [-0.2, -0.15) is 0 Å². The number of hydrogen-bond donors (Lipinski definition) is 1. The van der Waals surface area contributed by atoms with Crippen molar-refractivity contribution in [3.05, 3.63) is 34.5 Å². The molecule has 6 heteroatoms. The van der Waals surface area contributed by atoms with Crippen molar-refractivity contribution < 1.29 is 15.0 Å². The van der Waals surface area contributed by atoms with Crippen molar-refractivity contribution in [3.8, 4) is 5.88 Å². The maximum absolute atomic E-state index is 8.36. The van der Waals surface area contributed by atoms with Gasteiger partial charge in [-0.05, 0) is 6.07 Å². The minimum Gasteiger partial charge on any atom is -0.481 e. The van der Waals surface area contributed by atoms with Crippen LogP contribution in [0.25, 0.3) is 0 Å². The average molecular weight is 172 g/mol. The largest absolute Gasteiger partial charge is 0.481 e. The van der Waals surface area contributed by atoms with Crippen LogP contribution in [0.15, 0.2) is 24.4 Å². The van der Waals surface area contributed by atoms with E-state index < -0.39 is 5.09 Å². The molecule has 0 aromatic carbocycles. The normalized spacial score (nSPS) is 7.75. The molecule has 1 heterocycles. The molecule has 6 nitrogen and oxygen atoms in total. The first-order chi connectivity index (χ1) is 5.66. The van der Waals surface area contributed by atoms with Gasteiger partial charge in [-0.15, -0.1) is 10.1 Å². The molecule has 0 aliphatic rings. The van der Waals surface area contributed by atoms with Gasteiger partial charge in [0.25, 0.3) is 5.09 Å². The lowest BCUT2D eigenvalue weighted by Crippen LogP contribution is -1.83. The molecule has 0 spiro atoms. The summed E-state index contributed by atoms with van der Waals surface area (Å²) in [5, 5.41) is 13.6. The Morgan fingerprint density at radius 3 is 2.50 bits per heavy atom. The minimum atomic E-state index is -1.50. The van der Waals surface area contributed by atoms with E-state index in [1.165, 1.54) is 0 Å². The minimum absolute atomic E-state index is 0.660. The van der Waals surface area contributed by atoms with E-state index in [2.05, 4.69) is 4.98 Å². The molecule has 0 aliphatic carbocycles. The number of nitrogens with zero attached hydrogens (tertiary/aromatic N) is 2. The van der Waals surface area contributed by atoms with E-state index in [1.807, 2.05) is 12.1 Å². The van der Waals surface area contributed by atoms with Gasteiger partial charge in [-0.3, -0.25) is 0 Å². The summed E-state index contributed by atoms with van der Waals surface area (Å²) in [6, 6.07) is 5.54. The Bertz CT molecular complexity index is 222. The van der Waals surface area contributed by atoms with E-state index in [-0.39, 0.29) is 0 Å². The summed E-state index contributed by atoms with van der Waals surface area (Å²) in [6.45, 7) is 0. The number of rotatable bonds is 1. The van der Waals surface area contributed by atoms with Crippen LogP contribution in [0.3, 0.4) is 0 Å². The fraction of sp³-hybridized carbons (Fsp3) is 0.167. The second-order valence-corrected chi connectivity index (χ2v) is 1.61. The molecule has 0 bridgehead atoms. The van der Waals surface area contributed by atoms with Gasteiger partial charge >= 0.3 is 0 Å². The van der Waals surface area contributed by atoms with Crippen molar-refractivity contribution in [2.75, 3.05) is 7.11 Å². The standard InChI is InChI=1S/C6H7NO.HNO3/c1-8-6-4-2-3-5-7-6;2-1(3)4/h2-5H,1H3;(H,2,3,4). The summed E-state index contributed by atoms with van der Waals surface area (Å²) in [7, 11) is 1.60. The van der Waals surface area contributed by atoms with Crippen LogP contribution in [0.5, 0.6) is 5.88 Å². The van der Waals surface area contributed by atoms with Crippen LogP contribution in [-0.4, -0.2) is 22.4 Å². The van der Waals surface area contributed by atoms with E-state index in [1.54, 1.807) is 19.4 Å². The highest BCUT2D eigenvalue weighted by Crippen LogP contribution is 1.99. The topological polar surface area (TPSA) is 85.5 Å². The Kier molecular flexibility index (Phi) is 4.99. The first-order valence-electron chi connectivity index (χ1n) is 2.95. The van der Waals surface area contributed by atoms with Crippen LogP contribution >= 0.6 is 0 Å². The summed E-state index contributed by atoms with van der Waals surface area (Å²) >= 11 is 0. The Morgan fingerprint density at radius 2 is 2.25 bits per heavy atom. The summed E-state index contributed by atoms with van der Waals surface area (Å²) in [5.74, 6) is 0.660. The number of hydrogen-bond acceptors (Lipinski definition) is 4. The lowest BCUT2D eigenvalue weighted by molar-refractivity contribution is -0.742. The third-order valence-corrected chi connectivity index (χ3v) is 0.847. The van der Waals surface area contributed by atoms with E-state index in [0.717, 1.165) is 0 Å². The Labute approximate surface area is 68.5 Å².